The van der Waals surface area contributed by atoms with E-state index < -0.39 is 0 Å². The molecular formula is C8H14BrN. The van der Waals surface area contributed by atoms with Gasteiger partial charge in [0.1, 0.15) is 4.61 Å². The summed E-state index contributed by atoms with van der Waals surface area (Å²) >= 11 is 3.19. The van der Waals surface area contributed by atoms with E-state index in [1.807, 2.05) is 20.8 Å². The van der Waals surface area contributed by atoms with Crippen LogP contribution in [0.1, 0.15) is 20.8 Å². The molecule has 1 nitrogen and oxygen atoms in total. The summed E-state index contributed by atoms with van der Waals surface area (Å²) in [5, 5.41) is 0. The highest BCUT2D eigenvalue weighted by Gasteiger charge is 1.75. The molecule has 0 rings (SSSR count). The SMILES string of the molecule is C=C/C=C(Br)\N=C/C.CC. The number of halogens is 1. The molecule has 0 aromatic rings. The van der Waals surface area contributed by atoms with Crippen LogP contribution in [0.25, 0.3) is 0 Å². The van der Waals surface area contributed by atoms with Crippen LogP contribution in [0.5, 0.6) is 0 Å². The van der Waals surface area contributed by atoms with Gasteiger partial charge in [-0.1, -0.05) is 26.5 Å². The van der Waals surface area contributed by atoms with Gasteiger partial charge in [-0.25, -0.2) is 0 Å². The molecule has 0 aliphatic carbocycles. The normalized spacial score (nSPS) is 10.6. The number of hydrogen-bond acceptors (Lipinski definition) is 1. The van der Waals surface area contributed by atoms with E-state index in [-0.39, 0.29) is 0 Å². The Morgan fingerprint density at radius 2 is 2.00 bits per heavy atom. The van der Waals surface area contributed by atoms with Crippen molar-refractivity contribution in [3.63, 3.8) is 0 Å². The first kappa shape index (κ1) is 12.3. The quantitative estimate of drug-likeness (QED) is 0.370. The molecular weight excluding hydrogens is 190 g/mol. The highest BCUT2D eigenvalue weighted by atomic mass is 79.9. The molecule has 0 bridgehead atoms. The Hall–Kier alpha value is -0.370. The lowest BCUT2D eigenvalue weighted by Gasteiger charge is -1.80. The molecule has 0 heterocycles. The van der Waals surface area contributed by atoms with Gasteiger partial charge >= 0.3 is 0 Å². The fraction of sp³-hybridized carbons (Fsp3) is 0.375. The maximum absolute atomic E-state index is 3.90. The lowest BCUT2D eigenvalue weighted by atomic mass is 10.6. The van der Waals surface area contributed by atoms with Gasteiger partial charge in [0.2, 0.25) is 0 Å². The largest absolute Gasteiger partial charge is 0.254 e. The standard InChI is InChI=1S/C6H8BrN.C2H6/c1-3-5-6(7)8-4-2;1-2/h3-5H,1H2,2H3;1-2H3/b6-5-,8-4-;. The number of hydrogen-bond donors (Lipinski definition) is 0. The summed E-state index contributed by atoms with van der Waals surface area (Å²) < 4.78 is 0.801. The molecule has 0 saturated heterocycles. The van der Waals surface area contributed by atoms with Crippen molar-refractivity contribution in [3.8, 4) is 0 Å². The zero-order valence-corrected chi connectivity index (χ0v) is 8.35. The fourth-order valence-corrected chi connectivity index (χ4v) is 0.655. The topological polar surface area (TPSA) is 12.4 Å². The summed E-state index contributed by atoms with van der Waals surface area (Å²) in [4.78, 5) is 3.90. The van der Waals surface area contributed by atoms with Crippen LogP contribution in [0.4, 0.5) is 0 Å². The van der Waals surface area contributed by atoms with Crippen LogP contribution < -0.4 is 0 Å². The van der Waals surface area contributed by atoms with Gasteiger partial charge in [-0.3, -0.25) is 4.99 Å². The summed E-state index contributed by atoms with van der Waals surface area (Å²) in [6, 6.07) is 0. The maximum atomic E-state index is 3.90. The maximum Gasteiger partial charge on any atom is 0.105 e. The molecule has 0 unspecified atom stereocenters. The summed E-state index contributed by atoms with van der Waals surface area (Å²) in [5.74, 6) is 0. The molecule has 0 N–H and O–H groups in total. The average molecular weight is 204 g/mol. The van der Waals surface area contributed by atoms with E-state index in [0.717, 1.165) is 4.61 Å². The first-order chi connectivity index (χ1) is 4.81. The van der Waals surface area contributed by atoms with Crippen LogP contribution in [0.3, 0.4) is 0 Å². The van der Waals surface area contributed by atoms with Gasteiger partial charge in [-0.15, -0.1) is 0 Å². The second-order valence-corrected chi connectivity index (χ2v) is 1.92. The number of allylic oxidation sites excluding steroid dienone is 2. The highest BCUT2D eigenvalue weighted by molar-refractivity contribution is 9.11. The van der Waals surface area contributed by atoms with Crippen LogP contribution in [-0.2, 0) is 0 Å². The Balaban J connectivity index is 0. The lowest BCUT2D eigenvalue weighted by Crippen LogP contribution is -1.60. The van der Waals surface area contributed by atoms with Crippen molar-refractivity contribution in [2.75, 3.05) is 0 Å². The first-order valence-corrected chi connectivity index (χ1v) is 4.07. The molecule has 0 amide bonds. The van der Waals surface area contributed by atoms with Gasteiger partial charge in [0.05, 0.1) is 0 Å². The Labute approximate surface area is 71.7 Å². The fourth-order valence-electron chi connectivity index (χ4n) is 0.264. The molecule has 0 saturated carbocycles. The van der Waals surface area contributed by atoms with E-state index in [2.05, 4.69) is 27.5 Å². The van der Waals surface area contributed by atoms with E-state index in [9.17, 15) is 0 Å². The predicted molar refractivity (Wildman–Crippen MR) is 52.7 cm³/mol. The molecule has 0 spiro atoms. The van der Waals surface area contributed by atoms with Crippen molar-refractivity contribution >= 4 is 22.1 Å². The Kier molecular flexibility index (Phi) is 14.1. The molecule has 0 aliphatic rings. The minimum Gasteiger partial charge on any atom is -0.254 e. The third kappa shape index (κ3) is 10.6. The molecule has 0 aromatic carbocycles. The minimum atomic E-state index is 0.801. The summed E-state index contributed by atoms with van der Waals surface area (Å²) in [5.41, 5.74) is 0. The third-order valence-electron chi connectivity index (χ3n) is 0.508. The zero-order chi connectivity index (χ0) is 8.41. The van der Waals surface area contributed by atoms with Crippen molar-refractivity contribution in [3.05, 3.63) is 23.3 Å². The van der Waals surface area contributed by atoms with Crippen molar-refractivity contribution < 1.29 is 0 Å². The van der Waals surface area contributed by atoms with Crippen molar-refractivity contribution in [1.82, 2.24) is 0 Å². The van der Waals surface area contributed by atoms with Gasteiger partial charge in [0.15, 0.2) is 0 Å². The number of rotatable bonds is 2. The van der Waals surface area contributed by atoms with Gasteiger partial charge in [0.25, 0.3) is 0 Å². The van der Waals surface area contributed by atoms with E-state index in [4.69, 9.17) is 0 Å². The van der Waals surface area contributed by atoms with Crippen molar-refractivity contribution in [2.24, 2.45) is 4.99 Å². The Bertz CT molecular complexity index is 125. The second-order valence-electron chi connectivity index (χ2n) is 1.11. The van der Waals surface area contributed by atoms with Crippen molar-refractivity contribution in [2.45, 2.75) is 20.8 Å². The van der Waals surface area contributed by atoms with Gasteiger partial charge in [-0.05, 0) is 28.9 Å². The molecule has 0 aliphatic heterocycles. The third-order valence-corrected chi connectivity index (χ3v) is 0.977. The Morgan fingerprint density at radius 1 is 1.50 bits per heavy atom. The molecule has 0 fully saturated rings. The summed E-state index contributed by atoms with van der Waals surface area (Å²) in [6.45, 7) is 9.36. The second kappa shape index (κ2) is 11.4. The number of aliphatic imine (C=N–C) groups is 1. The molecule has 58 valence electrons. The molecule has 0 radical (unpaired) electrons. The van der Waals surface area contributed by atoms with E-state index in [1.165, 1.54) is 0 Å². The van der Waals surface area contributed by atoms with E-state index in [1.54, 1.807) is 18.4 Å². The smallest absolute Gasteiger partial charge is 0.105 e. The molecule has 2 heteroatoms. The number of nitrogens with zero attached hydrogens (tertiary/aromatic N) is 1. The molecule has 10 heavy (non-hydrogen) atoms. The zero-order valence-electron chi connectivity index (χ0n) is 6.76. The highest BCUT2D eigenvalue weighted by Crippen LogP contribution is 2.04. The summed E-state index contributed by atoms with van der Waals surface area (Å²) in [6.07, 6.45) is 5.17. The van der Waals surface area contributed by atoms with Crippen LogP contribution in [0.15, 0.2) is 28.3 Å². The lowest BCUT2D eigenvalue weighted by molar-refractivity contribution is 1.50. The van der Waals surface area contributed by atoms with Crippen LogP contribution in [-0.4, -0.2) is 6.21 Å². The van der Waals surface area contributed by atoms with Gasteiger partial charge < -0.3 is 0 Å². The average Bonchev–Trinajstić information content (AvgIpc) is 1.93. The van der Waals surface area contributed by atoms with Crippen LogP contribution >= 0.6 is 15.9 Å². The predicted octanol–water partition coefficient (Wildman–Crippen LogP) is 3.53. The van der Waals surface area contributed by atoms with Crippen LogP contribution in [0, 0.1) is 0 Å². The first-order valence-electron chi connectivity index (χ1n) is 3.28. The van der Waals surface area contributed by atoms with E-state index >= 15 is 0 Å². The van der Waals surface area contributed by atoms with E-state index in [0.29, 0.717) is 0 Å². The van der Waals surface area contributed by atoms with Gasteiger partial charge in [-0.2, -0.15) is 0 Å². The molecule has 0 aromatic heterocycles. The van der Waals surface area contributed by atoms with Crippen molar-refractivity contribution in [1.29, 1.82) is 0 Å². The summed E-state index contributed by atoms with van der Waals surface area (Å²) in [7, 11) is 0. The Morgan fingerprint density at radius 3 is 2.30 bits per heavy atom. The molecule has 0 atom stereocenters. The van der Waals surface area contributed by atoms with Crippen LogP contribution in [0.2, 0.25) is 0 Å². The minimum absolute atomic E-state index is 0.801. The monoisotopic (exact) mass is 203 g/mol. The van der Waals surface area contributed by atoms with Gasteiger partial charge in [0, 0.05) is 6.21 Å².